The van der Waals surface area contributed by atoms with Gasteiger partial charge in [0.2, 0.25) is 0 Å². The second kappa shape index (κ2) is 7.70. The quantitative estimate of drug-likeness (QED) is 0.516. The zero-order chi connectivity index (χ0) is 19.3. The molecular formula is C15H15N3O7S. The second-order valence-corrected chi connectivity index (χ2v) is 6.65. The van der Waals surface area contributed by atoms with Crippen LogP contribution in [-0.2, 0) is 14.8 Å². The van der Waals surface area contributed by atoms with Crippen molar-refractivity contribution in [3.63, 3.8) is 0 Å². The third-order valence-electron chi connectivity index (χ3n) is 3.16. The van der Waals surface area contributed by atoms with Crippen LogP contribution in [0.1, 0.15) is 0 Å². The van der Waals surface area contributed by atoms with E-state index in [0.29, 0.717) is 0 Å². The molecular weight excluding hydrogens is 366 g/mol. The molecule has 11 heteroatoms. The molecule has 138 valence electrons. The second-order valence-electron chi connectivity index (χ2n) is 4.97. The summed E-state index contributed by atoms with van der Waals surface area (Å²) in [6.07, 6.45) is 0. The summed E-state index contributed by atoms with van der Waals surface area (Å²) in [5.41, 5.74) is 4.30. The van der Waals surface area contributed by atoms with Gasteiger partial charge in [-0.25, -0.2) is 8.42 Å². The minimum absolute atomic E-state index is 0.152. The van der Waals surface area contributed by atoms with E-state index in [1.54, 1.807) is 0 Å². The topological polar surface area (TPSA) is 151 Å². The van der Waals surface area contributed by atoms with Crippen LogP contribution in [0.5, 0.6) is 11.5 Å². The number of anilines is 1. The number of primary amides is 1. The highest BCUT2D eigenvalue weighted by molar-refractivity contribution is 7.92. The molecule has 2 rings (SSSR count). The average molecular weight is 381 g/mol. The molecule has 0 fully saturated rings. The number of nitro benzene ring substituents is 1. The molecule has 0 saturated carbocycles. The maximum atomic E-state index is 12.5. The van der Waals surface area contributed by atoms with Crippen molar-refractivity contribution in [2.45, 2.75) is 4.90 Å². The van der Waals surface area contributed by atoms with Crippen molar-refractivity contribution >= 4 is 27.3 Å². The number of carbonyl (C=O) groups excluding carboxylic acids is 1. The molecule has 0 spiro atoms. The van der Waals surface area contributed by atoms with Crippen LogP contribution in [0.25, 0.3) is 0 Å². The zero-order valence-corrected chi connectivity index (χ0v) is 14.4. The highest BCUT2D eigenvalue weighted by Crippen LogP contribution is 2.31. The molecule has 1 amide bonds. The van der Waals surface area contributed by atoms with Crippen LogP contribution in [0.15, 0.2) is 47.4 Å². The number of amides is 1. The molecule has 0 aliphatic rings. The first-order valence-electron chi connectivity index (χ1n) is 7.09. The molecule has 0 aromatic heterocycles. The van der Waals surface area contributed by atoms with E-state index < -0.39 is 26.5 Å². The van der Waals surface area contributed by atoms with Crippen molar-refractivity contribution in [1.29, 1.82) is 0 Å². The van der Waals surface area contributed by atoms with Crippen molar-refractivity contribution in [2.75, 3.05) is 18.4 Å². The van der Waals surface area contributed by atoms with Crippen molar-refractivity contribution in [3.8, 4) is 11.5 Å². The molecule has 0 heterocycles. The number of methoxy groups -OCH3 is 1. The number of nitrogens with two attached hydrogens (primary N) is 1. The fourth-order valence-corrected chi connectivity index (χ4v) is 3.02. The monoisotopic (exact) mass is 381 g/mol. The zero-order valence-electron chi connectivity index (χ0n) is 13.5. The number of benzene rings is 2. The predicted molar refractivity (Wildman–Crippen MR) is 91.6 cm³/mol. The van der Waals surface area contributed by atoms with Gasteiger partial charge in [-0.1, -0.05) is 0 Å². The molecule has 2 aromatic carbocycles. The molecule has 0 aliphatic carbocycles. The van der Waals surface area contributed by atoms with Gasteiger partial charge in [0.1, 0.15) is 17.2 Å². The number of hydrogen-bond acceptors (Lipinski definition) is 7. The largest absolute Gasteiger partial charge is 0.497 e. The van der Waals surface area contributed by atoms with Crippen molar-refractivity contribution in [3.05, 3.63) is 52.6 Å². The Morgan fingerprint density at radius 3 is 2.35 bits per heavy atom. The van der Waals surface area contributed by atoms with Gasteiger partial charge in [-0.2, -0.15) is 0 Å². The molecule has 26 heavy (non-hydrogen) atoms. The van der Waals surface area contributed by atoms with Gasteiger partial charge >= 0.3 is 0 Å². The minimum Gasteiger partial charge on any atom is -0.497 e. The average Bonchev–Trinajstić information content (AvgIpc) is 2.59. The van der Waals surface area contributed by atoms with E-state index in [1.807, 2.05) is 0 Å². The Morgan fingerprint density at radius 2 is 1.81 bits per heavy atom. The van der Waals surface area contributed by atoms with E-state index in [9.17, 15) is 23.3 Å². The summed E-state index contributed by atoms with van der Waals surface area (Å²) in [5, 5.41) is 11.1. The highest BCUT2D eigenvalue weighted by Gasteiger charge is 2.21. The van der Waals surface area contributed by atoms with Crippen molar-refractivity contribution < 1.29 is 27.6 Å². The SMILES string of the molecule is COc1ccc([N+](=O)[O-])c(NS(=O)(=O)c2ccc(OCC(N)=O)cc2)c1. The number of nitrogens with zero attached hydrogens (tertiary/aromatic N) is 1. The lowest BCUT2D eigenvalue weighted by atomic mass is 10.2. The molecule has 10 nitrogen and oxygen atoms in total. The summed E-state index contributed by atoms with van der Waals surface area (Å²) in [5.74, 6) is -0.174. The molecule has 0 bridgehead atoms. The maximum Gasteiger partial charge on any atom is 0.293 e. The number of hydrogen-bond donors (Lipinski definition) is 2. The Labute approximate surface area is 148 Å². The highest BCUT2D eigenvalue weighted by atomic mass is 32.2. The van der Waals surface area contributed by atoms with Gasteiger partial charge in [0, 0.05) is 12.1 Å². The lowest BCUT2D eigenvalue weighted by Gasteiger charge is -2.10. The van der Waals surface area contributed by atoms with Crippen LogP contribution in [-0.4, -0.2) is 33.0 Å². The molecule has 0 saturated heterocycles. The van der Waals surface area contributed by atoms with Crippen LogP contribution in [0.3, 0.4) is 0 Å². The summed E-state index contributed by atoms with van der Waals surface area (Å²) < 4.78 is 37.1. The number of carbonyl (C=O) groups is 1. The first-order valence-corrected chi connectivity index (χ1v) is 8.57. The van der Waals surface area contributed by atoms with Gasteiger partial charge in [0.05, 0.1) is 16.9 Å². The molecule has 2 aromatic rings. The molecule has 3 N–H and O–H groups in total. The summed E-state index contributed by atoms with van der Waals surface area (Å²) in [7, 11) is -2.75. The summed E-state index contributed by atoms with van der Waals surface area (Å²) in [6.45, 7) is -0.347. The van der Waals surface area contributed by atoms with E-state index in [0.717, 1.165) is 6.07 Å². The third-order valence-corrected chi connectivity index (χ3v) is 4.54. The molecule has 0 unspecified atom stereocenters. The van der Waals surface area contributed by atoms with Gasteiger partial charge in [0.25, 0.3) is 21.6 Å². The van der Waals surface area contributed by atoms with Gasteiger partial charge in [-0.15, -0.1) is 0 Å². The molecule has 0 radical (unpaired) electrons. The summed E-state index contributed by atoms with van der Waals surface area (Å²) in [4.78, 5) is 20.9. The van der Waals surface area contributed by atoms with Crippen LogP contribution >= 0.6 is 0 Å². The van der Waals surface area contributed by atoms with Gasteiger partial charge in [-0.3, -0.25) is 19.6 Å². The lowest BCUT2D eigenvalue weighted by Crippen LogP contribution is -2.20. The number of ether oxygens (including phenoxy) is 2. The van der Waals surface area contributed by atoms with Crippen molar-refractivity contribution in [1.82, 2.24) is 0 Å². The Morgan fingerprint density at radius 1 is 1.19 bits per heavy atom. The van der Waals surface area contributed by atoms with Gasteiger partial charge in [-0.05, 0) is 30.3 Å². The summed E-state index contributed by atoms with van der Waals surface area (Å²) in [6, 6.07) is 8.81. The number of nitrogens with one attached hydrogen (secondary N) is 1. The van der Waals surface area contributed by atoms with Crippen LogP contribution < -0.4 is 19.9 Å². The first-order chi connectivity index (χ1) is 12.2. The Hall–Kier alpha value is -3.34. The maximum absolute atomic E-state index is 12.5. The van der Waals surface area contributed by atoms with Crippen LogP contribution in [0, 0.1) is 10.1 Å². The van der Waals surface area contributed by atoms with E-state index in [2.05, 4.69) is 4.72 Å². The van der Waals surface area contributed by atoms with Gasteiger partial charge in [0.15, 0.2) is 6.61 Å². The van der Waals surface area contributed by atoms with E-state index in [1.165, 1.54) is 43.5 Å². The Kier molecular flexibility index (Phi) is 5.62. The Bertz CT molecular complexity index is 927. The molecule has 0 atom stereocenters. The minimum atomic E-state index is -4.10. The van der Waals surface area contributed by atoms with E-state index in [-0.39, 0.29) is 28.7 Å². The van der Waals surface area contributed by atoms with Crippen LogP contribution in [0.2, 0.25) is 0 Å². The number of sulfonamides is 1. The third kappa shape index (κ3) is 4.60. The van der Waals surface area contributed by atoms with Crippen LogP contribution in [0.4, 0.5) is 11.4 Å². The normalized spacial score (nSPS) is 10.8. The lowest BCUT2D eigenvalue weighted by molar-refractivity contribution is -0.383. The standard InChI is InChI=1S/C15H15N3O7S/c1-24-11-4-7-14(18(20)21)13(8-11)17-26(22,23)12-5-2-10(3-6-12)25-9-15(16)19/h2-8,17H,9H2,1H3,(H2,16,19). The number of nitro groups is 1. The Balaban J connectivity index is 2.28. The van der Waals surface area contributed by atoms with Crippen molar-refractivity contribution in [2.24, 2.45) is 5.73 Å². The smallest absolute Gasteiger partial charge is 0.293 e. The fraction of sp³-hybridized carbons (Fsp3) is 0.133. The number of rotatable bonds is 8. The molecule has 0 aliphatic heterocycles. The predicted octanol–water partition coefficient (Wildman–Crippen LogP) is 1.27. The fourth-order valence-electron chi connectivity index (χ4n) is 1.96. The van der Waals surface area contributed by atoms with E-state index in [4.69, 9.17) is 15.2 Å². The van der Waals surface area contributed by atoms with Gasteiger partial charge < -0.3 is 15.2 Å². The first kappa shape index (κ1) is 19.0. The summed E-state index contributed by atoms with van der Waals surface area (Å²) >= 11 is 0. The van der Waals surface area contributed by atoms with E-state index >= 15 is 0 Å².